The fourth-order valence-electron chi connectivity index (χ4n) is 1.44. The van der Waals surface area contributed by atoms with Crippen LogP contribution in [0, 0.1) is 11.6 Å². The summed E-state index contributed by atoms with van der Waals surface area (Å²) in [6, 6.07) is 1.89. The van der Waals surface area contributed by atoms with E-state index in [0.717, 1.165) is 12.1 Å². The molecule has 0 amide bonds. The maximum absolute atomic E-state index is 13.9. The zero-order chi connectivity index (χ0) is 13.8. The molecule has 0 spiro atoms. The third-order valence-corrected chi connectivity index (χ3v) is 3.81. The molecule has 1 aromatic rings. The maximum atomic E-state index is 13.9. The van der Waals surface area contributed by atoms with Crippen LogP contribution >= 0.6 is 0 Å². The second kappa shape index (κ2) is 6.21. The standard InChI is InChI=1S/C11H16F2N2O2S/c1-3-6-15-18(16,17)10-5-4-9(12)8(7-14-2)11(10)13/h4-5,14-15H,3,6-7H2,1-2H3. The van der Waals surface area contributed by atoms with Gasteiger partial charge in [-0.1, -0.05) is 6.92 Å². The average Bonchev–Trinajstić information content (AvgIpc) is 2.31. The van der Waals surface area contributed by atoms with Crippen LogP contribution in [0.15, 0.2) is 17.0 Å². The van der Waals surface area contributed by atoms with Gasteiger partial charge in [-0.2, -0.15) is 0 Å². The number of hydrogen-bond acceptors (Lipinski definition) is 3. The minimum Gasteiger partial charge on any atom is -0.315 e. The summed E-state index contributed by atoms with van der Waals surface area (Å²) in [5, 5.41) is 2.59. The molecular formula is C11H16F2N2O2S. The lowest BCUT2D eigenvalue weighted by Crippen LogP contribution is -2.26. The summed E-state index contributed by atoms with van der Waals surface area (Å²) in [6.45, 7) is 1.92. The van der Waals surface area contributed by atoms with Gasteiger partial charge in [0.15, 0.2) is 5.82 Å². The predicted octanol–water partition coefficient (Wildman–Crippen LogP) is 1.37. The SMILES string of the molecule is CCCNS(=O)(=O)c1ccc(F)c(CNC)c1F. The number of sulfonamides is 1. The Hall–Kier alpha value is -1.05. The van der Waals surface area contributed by atoms with Crippen LogP contribution < -0.4 is 10.0 Å². The van der Waals surface area contributed by atoms with E-state index in [4.69, 9.17) is 0 Å². The van der Waals surface area contributed by atoms with Crippen molar-refractivity contribution in [2.45, 2.75) is 24.8 Å². The molecule has 1 aromatic carbocycles. The van der Waals surface area contributed by atoms with Crippen LogP contribution in [0.2, 0.25) is 0 Å². The molecule has 0 saturated heterocycles. The van der Waals surface area contributed by atoms with Crippen molar-refractivity contribution in [3.8, 4) is 0 Å². The molecule has 0 heterocycles. The van der Waals surface area contributed by atoms with Crippen LogP contribution in [-0.4, -0.2) is 22.0 Å². The zero-order valence-electron chi connectivity index (χ0n) is 10.3. The van der Waals surface area contributed by atoms with E-state index in [1.54, 1.807) is 6.92 Å². The fraction of sp³-hybridized carbons (Fsp3) is 0.455. The second-order valence-electron chi connectivity index (χ2n) is 3.77. The molecule has 2 N–H and O–H groups in total. The first-order chi connectivity index (χ1) is 8.44. The molecule has 7 heteroatoms. The molecule has 1 rings (SSSR count). The lowest BCUT2D eigenvalue weighted by molar-refractivity contribution is 0.518. The monoisotopic (exact) mass is 278 g/mol. The molecular weight excluding hydrogens is 262 g/mol. The van der Waals surface area contributed by atoms with Gasteiger partial charge in [0.1, 0.15) is 10.7 Å². The predicted molar refractivity (Wildman–Crippen MR) is 64.6 cm³/mol. The summed E-state index contributed by atoms with van der Waals surface area (Å²) in [6.07, 6.45) is 0.589. The van der Waals surface area contributed by atoms with Crippen LogP contribution in [0.25, 0.3) is 0 Å². The van der Waals surface area contributed by atoms with Gasteiger partial charge in [0.2, 0.25) is 10.0 Å². The molecule has 0 aliphatic rings. The van der Waals surface area contributed by atoms with E-state index < -0.39 is 26.6 Å². The Labute approximate surface area is 105 Å². The van der Waals surface area contributed by atoms with Crippen molar-refractivity contribution in [2.75, 3.05) is 13.6 Å². The molecule has 0 fully saturated rings. The molecule has 18 heavy (non-hydrogen) atoms. The molecule has 4 nitrogen and oxygen atoms in total. The minimum atomic E-state index is -3.93. The Morgan fingerprint density at radius 3 is 2.50 bits per heavy atom. The minimum absolute atomic E-state index is 0.0746. The van der Waals surface area contributed by atoms with Crippen molar-refractivity contribution in [3.05, 3.63) is 29.3 Å². The third-order valence-electron chi connectivity index (χ3n) is 2.34. The van der Waals surface area contributed by atoms with E-state index in [-0.39, 0.29) is 18.7 Å². The summed E-state index contributed by atoms with van der Waals surface area (Å²) < 4.78 is 53.1. The summed E-state index contributed by atoms with van der Waals surface area (Å²) in [7, 11) is -2.41. The first kappa shape index (κ1) is 15.0. The van der Waals surface area contributed by atoms with Crippen molar-refractivity contribution in [3.63, 3.8) is 0 Å². The summed E-state index contributed by atoms with van der Waals surface area (Å²) >= 11 is 0. The van der Waals surface area contributed by atoms with Gasteiger partial charge < -0.3 is 5.32 Å². The first-order valence-electron chi connectivity index (χ1n) is 5.55. The van der Waals surface area contributed by atoms with Crippen LogP contribution in [0.4, 0.5) is 8.78 Å². The van der Waals surface area contributed by atoms with Crippen molar-refractivity contribution in [1.82, 2.24) is 10.0 Å². The Balaban J connectivity index is 3.22. The largest absolute Gasteiger partial charge is 0.315 e. The lowest BCUT2D eigenvalue weighted by Gasteiger charge is -2.10. The van der Waals surface area contributed by atoms with Crippen LogP contribution in [0.5, 0.6) is 0 Å². The topological polar surface area (TPSA) is 58.2 Å². The first-order valence-corrected chi connectivity index (χ1v) is 7.03. The van der Waals surface area contributed by atoms with Crippen molar-refractivity contribution in [2.24, 2.45) is 0 Å². The van der Waals surface area contributed by atoms with E-state index in [1.165, 1.54) is 7.05 Å². The number of hydrogen-bond donors (Lipinski definition) is 2. The highest BCUT2D eigenvalue weighted by Gasteiger charge is 2.22. The van der Waals surface area contributed by atoms with E-state index in [9.17, 15) is 17.2 Å². The Morgan fingerprint density at radius 2 is 1.94 bits per heavy atom. The highest BCUT2D eigenvalue weighted by atomic mass is 32.2. The molecule has 102 valence electrons. The maximum Gasteiger partial charge on any atom is 0.243 e. The van der Waals surface area contributed by atoms with Gasteiger partial charge in [-0.05, 0) is 25.6 Å². The highest BCUT2D eigenvalue weighted by molar-refractivity contribution is 7.89. The smallest absolute Gasteiger partial charge is 0.243 e. The molecule has 0 atom stereocenters. The van der Waals surface area contributed by atoms with E-state index in [2.05, 4.69) is 10.0 Å². The molecule has 0 bridgehead atoms. The van der Waals surface area contributed by atoms with E-state index in [1.807, 2.05) is 0 Å². The van der Waals surface area contributed by atoms with Gasteiger partial charge in [-0.25, -0.2) is 21.9 Å². The molecule has 0 unspecified atom stereocenters. The number of rotatable bonds is 6. The lowest BCUT2D eigenvalue weighted by atomic mass is 10.2. The van der Waals surface area contributed by atoms with Crippen molar-refractivity contribution >= 4 is 10.0 Å². The molecule has 0 radical (unpaired) electrons. The quantitative estimate of drug-likeness (QED) is 0.826. The van der Waals surface area contributed by atoms with Gasteiger partial charge in [0.05, 0.1) is 0 Å². The van der Waals surface area contributed by atoms with Crippen molar-refractivity contribution < 1.29 is 17.2 Å². The molecule has 0 aromatic heterocycles. The van der Waals surface area contributed by atoms with E-state index >= 15 is 0 Å². The Kier molecular flexibility index (Phi) is 5.18. The zero-order valence-corrected chi connectivity index (χ0v) is 11.1. The Morgan fingerprint density at radius 1 is 1.28 bits per heavy atom. The van der Waals surface area contributed by atoms with Gasteiger partial charge in [0, 0.05) is 18.7 Å². The normalized spacial score (nSPS) is 11.8. The molecule has 0 saturated carbocycles. The van der Waals surface area contributed by atoms with Gasteiger partial charge >= 0.3 is 0 Å². The summed E-state index contributed by atoms with van der Waals surface area (Å²) in [5.41, 5.74) is -0.281. The van der Waals surface area contributed by atoms with Crippen LogP contribution in [-0.2, 0) is 16.6 Å². The molecule has 0 aliphatic carbocycles. The van der Waals surface area contributed by atoms with Crippen LogP contribution in [0.3, 0.4) is 0 Å². The number of benzene rings is 1. The number of nitrogens with one attached hydrogen (secondary N) is 2. The van der Waals surface area contributed by atoms with Gasteiger partial charge in [-0.3, -0.25) is 0 Å². The van der Waals surface area contributed by atoms with E-state index in [0.29, 0.717) is 6.42 Å². The van der Waals surface area contributed by atoms with Gasteiger partial charge in [-0.15, -0.1) is 0 Å². The third kappa shape index (κ3) is 3.24. The molecule has 0 aliphatic heterocycles. The Bertz CT molecular complexity index is 518. The second-order valence-corrected chi connectivity index (χ2v) is 5.50. The fourth-order valence-corrected chi connectivity index (χ4v) is 2.67. The van der Waals surface area contributed by atoms with Crippen LogP contribution in [0.1, 0.15) is 18.9 Å². The highest BCUT2D eigenvalue weighted by Crippen LogP contribution is 2.20. The summed E-state index contributed by atoms with van der Waals surface area (Å²) in [4.78, 5) is -0.525. The van der Waals surface area contributed by atoms with Gasteiger partial charge in [0.25, 0.3) is 0 Å². The average molecular weight is 278 g/mol. The number of halogens is 2. The van der Waals surface area contributed by atoms with Crippen molar-refractivity contribution in [1.29, 1.82) is 0 Å². The summed E-state index contributed by atoms with van der Waals surface area (Å²) in [5.74, 6) is -1.82.